The number of piperidine rings is 1. The predicted octanol–water partition coefficient (Wildman–Crippen LogP) is 2.65. The van der Waals surface area contributed by atoms with Crippen LogP contribution in [-0.4, -0.2) is 42.1 Å². The molecule has 1 N–H and O–H groups in total. The van der Waals surface area contributed by atoms with Gasteiger partial charge in [0.1, 0.15) is 6.21 Å². The number of benzene rings is 1. The maximum Gasteiger partial charge on any atom is 0.270 e. The minimum absolute atomic E-state index is 0.0888. The number of hydrogen-bond acceptors (Lipinski definition) is 4. The van der Waals surface area contributed by atoms with E-state index < -0.39 is 0 Å². The summed E-state index contributed by atoms with van der Waals surface area (Å²) >= 11 is 0. The number of oxime groups is 1. The van der Waals surface area contributed by atoms with Crippen LogP contribution in [0.25, 0.3) is 0 Å². The molecule has 0 radical (unpaired) electrons. The van der Waals surface area contributed by atoms with Crippen molar-refractivity contribution in [1.82, 2.24) is 4.90 Å². The number of nitrogens with one attached hydrogen (secondary N) is 1. The first kappa shape index (κ1) is 18.0. The van der Waals surface area contributed by atoms with Crippen LogP contribution in [0.5, 0.6) is 0 Å². The number of carbonyl (C=O) groups is 2. The van der Waals surface area contributed by atoms with Crippen molar-refractivity contribution in [2.24, 2.45) is 5.16 Å². The summed E-state index contributed by atoms with van der Waals surface area (Å²) in [4.78, 5) is 30.6. The Morgan fingerprint density at radius 3 is 2.88 bits per heavy atom. The van der Waals surface area contributed by atoms with E-state index in [1.165, 1.54) is 0 Å². The molecule has 1 aliphatic heterocycles. The SMILES string of the molecule is Cc1ccc(NC(=O)/C=N\OCC(=O)N2CCCC[C@@H]2C)c(C)c1. The van der Waals surface area contributed by atoms with Gasteiger partial charge in [-0.3, -0.25) is 9.59 Å². The molecule has 2 amide bonds. The van der Waals surface area contributed by atoms with Crippen LogP contribution < -0.4 is 5.32 Å². The van der Waals surface area contributed by atoms with Gasteiger partial charge in [-0.25, -0.2) is 0 Å². The van der Waals surface area contributed by atoms with Crippen LogP contribution in [0.3, 0.4) is 0 Å². The van der Waals surface area contributed by atoms with Crippen molar-refractivity contribution < 1.29 is 14.4 Å². The fourth-order valence-corrected chi connectivity index (χ4v) is 2.85. The molecule has 1 aliphatic rings. The number of nitrogens with zero attached hydrogens (tertiary/aromatic N) is 2. The zero-order valence-electron chi connectivity index (χ0n) is 14.5. The lowest BCUT2D eigenvalue weighted by atomic mass is 10.0. The smallest absolute Gasteiger partial charge is 0.270 e. The average Bonchev–Trinajstić information content (AvgIpc) is 2.54. The largest absolute Gasteiger partial charge is 0.386 e. The van der Waals surface area contributed by atoms with Gasteiger partial charge in [0, 0.05) is 18.3 Å². The Morgan fingerprint density at radius 1 is 1.38 bits per heavy atom. The monoisotopic (exact) mass is 331 g/mol. The third-order valence-corrected chi connectivity index (χ3v) is 4.20. The first-order chi connectivity index (χ1) is 11.5. The van der Waals surface area contributed by atoms with Gasteiger partial charge >= 0.3 is 0 Å². The Bertz CT molecular complexity index is 628. The maximum atomic E-state index is 12.0. The summed E-state index contributed by atoms with van der Waals surface area (Å²) in [5.74, 6) is -0.477. The van der Waals surface area contributed by atoms with Gasteiger partial charge in [-0.05, 0) is 51.7 Å². The quantitative estimate of drug-likeness (QED) is 0.666. The van der Waals surface area contributed by atoms with Crippen molar-refractivity contribution in [3.8, 4) is 0 Å². The van der Waals surface area contributed by atoms with E-state index in [4.69, 9.17) is 4.84 Å². The van der Waals surface area contributed by atoms with Gasteiger partial charge in [-0.2, -0.15) is 0 Å². The van der Waals surface area contributed by atoms with E-state index in [1.807, 2.05) is 43.9 Å². The average molecular weight is 331 g/mol. The van der Waals surface area contributed by atoms with E-state index >= 15 is 0 Å². The van der Waals surface area contributed by atoms with Crippen LogP contribution in [0.15, 0.2) is 23.4 Å². The number of likely N-dealkylation sites (tertiary alicyclic amines) is 1. The zero-order valence-corrected chi connectivity index (χ0v) is 14.5. The molecule has 2 rings (SSSR count). The summed E-state index contributed by atoms with van der Waals surface area (Å²) in [5, 5.41) is 6.32. The number of amides is 2. The van der Waals surface area contributed by atoms with Crippen molar-refractivity contribution >= 4 is 23.7 Å². The van der Waals surface area contributed by atoms with Crippen LogP contribution in [0.2, 0.25) is 0 Å². The molecule has 24 heavy (non-hydrogen) atoms. The molecular weight excluding hydrogens is 306 g/mol. The molecule has 0 saturated carbocycles. The standard InChI is InChI=1S/C18H25N3O3/c1-13-7-8-16(14(2)10-13)20-17(22)11-19-24-12-18(23)21-9-5-4-6-15(21)3/h7-8,10-11,15H,4-6,9,12H2,1-3H3,(H,20,22)/b19-11-/t15-/m0/s1. The Hall–Kier alpha value is -2.37. The highest BCUT2D eigenvalue weighted by molar-refractivity contribution is 6.31. The van der Waals surface area contributed by atoms with Gasteiger partial charge in [0.2, 0.25) is 0 Å². The minimum atomic E-state index is -0.388. The highest BCUT2D eigenvalue weighted by atomic mass is 16.6. The highest BCUT2D eigenvalue weighted by Gasteiger charge is 2.23. The molecule has 0 bridgehead atoms. The Balaban J connectivity index is 1.77. The topological polar surface area (TPSA) is 71.0 Å². The molecule has 6 nitrogen and oxygen atoms in total. The fraction of sp³-hybridized carbons (Fsp3) is 0.500. The normalized spacial score (nSPS) is 17.8. The molecule has 0 aliphatic carbocycles. The lowest BCUT2D eigenvalue weighted by Gasteiger charge is -2.32. The van der Waals surface area contributed by atoms with Crippen molar-refractivity contribution in [3.63, 3.8) is 0 Å². The van der Waals surface area contributed by atoms with E-state index in [0.717, 1.165) is 48.8 Å². The molecule has 1 fully saturated rings. The molecular formula is C18H25N3O3. The van der Waals surface area contributed by atoms with Gasteiger partial charge in [0.05, 0.1) is 0 Å². The van der Waals surface area contributed by atoms with Crippen LogP contribution in [0.4, 0.5) is 5.69 Å². The van der Waals surface area contributed by atoms with Crippen LogP contribution in [0, 0.1) is 13.8 Å². The molecule has 1 saturated heterocycles. The minimum Gasteiger partial charge on any atom is -0.386 e. The Kier molecular flexibility index (Phi) is 6.35. The molecule has 1 atom stereocenters. The van der Waals surface area contributed by atoms with Gasteiger partial charge in [-0.15, -0.1) is 0 Å². The molecule has 1 heterocycles. The van der Waals surface area contributed by atoms with Crippen molar-refractivity contribution in [2.45, 2.75) is 46.1 Å². The number of carbonyl (C=O) groups excluding carboxylic acids is 2. The van der Waals surface area contributed by atoms with E-state index in [2.05, 4.69) is 10.5 Å². The maximum absolute atomic E-state index is 12.0. The first-order valence-electron chi connectivity index (χ1n) is 8.30. The second-order valence-corrected chi connectivity index (χ2v) is 6.25. The van der Waals surface area contributed by atoms with Crippen molar-refractivity contribution in [2.75, 3.05) is 18.5 Å². The van der Waals surface area contributed by atoms with E-state index in [9.17, 15) is 9.59 Å². The van der Waals surface area contributed by atoms with E-state index in [1.54, 1.807) is 0 Å². The van der Waals surface area contributed by atoms with Crippen molar-refractivity contribution in [1.29, 1.82) is 0 Å². The summed E-state index contributed by atoms with van der Waals surface area (Å²) in [6, 6.07) is 6.00. The van der Waals surface area contributed by atoms with E-state index in [0.29, 0.717) is 0 Å². The number of aryl methyl sites for hydroxylation is 2. The number of anilines is 1. The highest BCUT2D eigenvalue weighted by Crippen LogP contribution is 2.17. The van der Waals surface area contributed by atoms with Gasteiger partial charge in [0.25, 0.3) is 11.8 Å². The lowest BCUT2D eigenvalue weighted by molar-refractivity contribution is -0.139. The Morgan fingerprint density at radius 2 is 2.17 bits per heavy atom. The molecule has 0 spiro atoms. The predicted molar refractivity (Wildman–Crippen MR) is 94.0 cm³/mol. The second-order valence-electron chi connectivity index (χ2n) is 6.25. The summed E-state index contributed by atoms with van der Waals surface area (Å²) in [6.45, 7) is 6.58. The number of hydrogen-bond donors (Lipinski definition) is 1. The molecule has 6 heteroatoms. The zero-order chi connectivity index (χ0) is 17.5. The van der Waals surface area contributed by atoms with Gasteiger partial charge < -0.3 is 15.1 Å². The summed E-state index contributed by atoms with van der Waals surface area (Å²) in [7, 11) is 0. The van der Waals surface area contributed by atoms with Crippen LogP contribution in [-0.2, 0) is 14.4 Å². The van der Waals surface area contributed by atoms with Gasteiger partial charge in [-0.1, -0.05) is 22.9 Å². The first-order valence-corrected chi connectivity index (χ1v) is 8.30. The third-order valence-electron chi connectivity index (χ3n) is 4.20. The van der Waals surface area contributed by atoms with Crippen molar-refractivity contribution in [3.05, 3.63) is 29.3 Å². The lowest BCUT2D eigenvalue weighted by Crippen LogP contribution is -2.43. The van der Waals surface area contributed by atoms with Gasteiger partial charge in [0.15, 0.2) is 6.61 Å². The molecule has 1 aromatic carbocycles. The summed E-state index contributed by atoms with van der Waals surface area (Å²) in [5.41, 5.74) is 2.84. The molecule has 0 unspecified atom stereocenters. The summed E-state index contributed by atoms with van der Waals surface area (Å²) < 4.78 is 0. The Labute approximate surface area is 142 Å². The molecule has 130 valence electrons. The molecule has 1 aromatic rings. The van der Waals surface area contributed by atoms with Crippen LogP contribution >= 0.6 is 0 Å². The van der Waals surface area contributed by atoms with E-state index in [-0.39, 0.29) is 24.5 Å². The third kappa shape index (κ3) is 5.08. The fourth-order valence-electron chi connectivity index (χ4n) is 2.85. The summed E-state index contributed by atoms with van der Waals surface area (Å²) in [6.07, 6.45) is 4.25. The second kappa shape index (κ2) is 8.47. The number of rotatable bonds is 5. The van der Waals surface area contributed by atoms with Crippen LogP contribution in [0.1, 0.15) is 37.3 Å². The molecule has 0 aromatic heterocycles.